The minimum atomic E-state index is -0.462. The molecule has 4 aliphatic rings. The molecule has 4 fully saturated rings. The average Bonchev–Trinajstić information content (AvgIpc) is 3.46. The van der Waals surface area contributed by atoms with E-state index in [4.69, 9.17) is 33.9 Å². The molecule has 0 N–H and O–H groups in total. The average molecular weight is 687 g/mol. The first-order valence-electron chi connectivity index (χ1n) is 14.3. The third kappa shape index (κ3) is 7.81. The van der Waals surface area contributed by atoms with E-state index in [0.717, 1.165) is 23.5 Å². The van der Waals surface area contributed by atoms with E-state index in [1.165, 1.54) is 9.80 Å². The quantitative estimate of drug-likeness (QED) is 0.269. The number of thioether (sulfide) groups is 2. The number of thiocarbonyl (C=S) groups is 2. The van der Waals surface area contributed by atoms with E-state index in [9.17, 15) is 28.8 Å². The fourth-order valence-electron chi connectivity index (χ4n) is 4.89. The minimum absolute atomic E-state index is 0.0379. The molecule has 4 rings (SSSR count). The maximum atomic E-state index is 13.3. The molecule has 4 aliphatic heterocycles. The Morgan fingerprint density at radius 2 is 0.932 bits per heavy atom. The maximum absolute atomic E-state index is 13.3. The van der Waals surface area contributed by atoms with Crippen LogP contribution in [0.1, 0.15) is 26.7 Å². The highest BCUT2D eigenvalue weighted by Gasteiger charge is 2.42. The lowest BCUT2D eigenvalue weighted by molar-refractivity contribution is -0.134. The van der Waals surface area contributed by atoms with Crippen LogP contribution in [0.2, 0.25) is 0 Å². The van der Waals surface area contributed by atoms with E-state index in [0.29, 0.717) is 52.4 Å². The topological polar surface area (TPSA) is 140 Å². The Bertz CT molecular complexity index is 1170. The first-order valence-corrected chi connectivity index (χ1v) is 16.7. The second-order valence-corrected chi connectivity index (χ2v) is 13.2. The summed E-state index contributed by atoms with van der Waals surface area (Å²) in [6.45, 7) is 7.08. The second-order valence-electron chi connectivity index (χ2n) is 9.94. The molecule has 0 aromatic heterocycles. The molecule has 0 bridgehead atoms. The zero-order valence-electron chi connectivity index (χ0n) is 24.5. The predicted octanol–water partition coefficient (Wildman–Crippen LogP) is 1.30. The molecule has 6 amide bonds. The molecule has 0 saturated carbocycles. The number of carbonyl (C=O) groups is 6. The van der Waals surface area contributed by atoms with Crippen LogP contribution < -0.4 is 0 Å². The number of carbonyl (C=O) groups excluding carboxylic acids is 6. The Balaban J connectivity index is 1.27. The van der Waals surface area contributed by atoms with Gasteiger partial charge >= 0.3 is 12.2 Å². The molecule has 0 aromatic carbocycles. The molecule has 0 aromatic rings. The van der Waals surface area contributed by atoms with Crippen LogP contribution in [-0.2, 0) is 28.7 Å². The van der Waals surface area contributed by atoms with Gasteiger partial charge < -0.3 is 29.1 Å². The fourth-order valence-corrected chi connectivity index (χ4v) is 7.66. The molecular weight excluding hydrogens is 653 g/mol. The number of amides is 6. The molecular formula is C26H34N6O8S4. The summed E-state index contributed by atoms with van der Waals surface area (Å²) < 4.78 is 10.5. The molecule has 14 nitrogen and oxygen atoms in total. The number of hydrogen-bond donors (Lipinski definition) is 0. The molecule has 4 saturated heterocycles. The monoisotopic (exact) mass is 686 g/mol. The molecule has 44 heavy (non-hydrogen) atoms. The van der Waals surface area contributed by atoms with Crippen molar-refractivity contribution in [2.45, 2.75) is 26.7 Å². The normalized spacial score (nSPS) is 21.0. The Morgan fingerprint density at radius 3 is 1.25 bits per heavy atom. The van der Waals surface area contributed by atoms with E-state index in [2.05, 4.69) is 0 Å². The van der Waals surface area contributed by atoms with Crippen LogP contribution >= 0.6 is 48.0 Å². The van der Waals surface area contributed by atoms with E-state index in [1.54, 1.807) is 33.4 Å². The van der Waals surface area contributed by atoms with Gasteiger partial charge in [-0.1, -0.05) is 48.0 Å². The zero-order valence-corrected chi connectivity index (χ0v) is 27.7. The highest BCUT2D eigenvalue weighted by molar-refractivity contribution is 8.29. The highest BCUT2D eigenvalue weighted by atomic mass is 32.2. The first-order chi connectivity index (χ1) is 21.0. The van der Waals surface area contributed by atoms with Crippen molar-refractivity contribution >= 4 is 92.4 Å². The van der Waals surface area contributed by atoms with Gasteiger partial charge in [-0.15, -0.1) is 0 Å². The predicted molar refractivity (Wildman–Crippen MR) is 170 cm³/mol. The molecule has 0 radical (unpaired) electrons. The maximum Gasteiger partial charge on any atom is 0.409 e. The second kappa shape index (κ2) is 15.4. The van der Waals surface area contributed by atoms with Crippen molar-refractivity contribution in [3.8, 4) is 0 Å². The summed E-state index contributed by atoms with van der Waals surface area (Å²) in [5.74, 6) is -1.26. The third-order valence-electron chi connectivity index (χ3n) is 7.32. The van der Waals surface area contributed by atoms with Gasteiger partial charge in [0.25, 0.3) is 11.8 Å². The van der Waals surface area contributed by atoms with Gasteiger partial charge in [0.1, 0.15) is 8.64 Å². The number of rotatable bonds is 8. The SMILES string of the molecule is CCOC(=O)N1CCN(C(=O)CCN2C(=O)/C(=C3\SC(=S)N(CCC(=O)N4CCN(C(=O)OCC)CC4)C3=O)SC2=S)CC1. The summed E-state index contributed by atoms with van der Waals surface area (Å²) in [5, 5.41) is 0. The molecule has 0 unspecified atom stereocenters. The van der Waals surface area contributed by atoms with Crippen molar-refractivity contribution in [1.29, 1.82) is 0 Å². The number of piperazine rings is 2. The van der Waals surface area contributed by atoms with Gasteiger partial charge in [-0.25, -0.2) is 9.59 Å². The Hall–Kier alpha value is -2.96. The van der Waals surface area contributed by atoms with Crippen LogP contribution in [0.25, 0.3) is 0 Å². The highest BCUT2D eigenvalue weighted by Crippen LogP contribution is 2.42. The lowest BCUT2D eigenvalue weighted by atomic mass is 10.2. The van der Waals surface area contributed by atoms with Crippen molar-refractivity contribution in [2.24, 2.45) is 0 Å². The van der Waals surface area contributed by atoms with E-state index < -0.39 is 24.0 Å². The Kier molecular flexibility index (Phi) is 11.8. The van der Waals surface area contributed by atoms with Gasteiger partial charge in [0, 0.05) is 78.3 Å². The van der Waals surface area contributed by atoms with Gasteiger partial charge in [-0.3, -0.25) is 29.0 Å². The van der Waals surface area contributed by atoms with Gasteiger partial charge in [-0.2, -0.15) is 0 Å². The van der Waals surface area contributed by atoms with E-state index in [1.807, 2.05) is 0 Å². The van der Waals surface area contributed by atoms with Gasteiger partial charge in [0.15, 0.2) is 0 Å². The fraction of sp³-hybridized carbons (Fsp3) is 0.615. The van der Waals surface area contributed by atoms with Crippen LogP contribution in [-0.4, -0.2) is 153 Å². The Labute approximate surface area is 274 Å². The Morgan fingerprint density at radius 1 is 0.614 bits per heavy atom. The molecule has 4 heterocycles. The standard InChI is InChI=1S/C26H34N6O8S4/c1-3-39-23(37)29-13-9-27(10-14-29)17(33)5-7-31-21(35)19(43-25(31)41)20-22(36)32(26(42)44-20)8-6-18(34)28-11-15-30(16-12-28)24(38)40-4-2/h3-16H2,1-2H3/b20-19+. The first kappa shape index (κ1) is 33.9. The van der Waals surface area contributed by atoms with E-state index >= 15 is 0 Å². The van der Waals surface area contributed by atoms with Crippen LogP contribution in [0.4, 0.5) is 9.59 Å². The van der Waals surface area contributed by atoms with Crippen molar-refractivity contribution in [3.05, 3.63) is 9.81 Å². The van der Waals surface area contributed by atoms with Crippen molar-refractivity contribution in [1.82, 2.24) is 29.4 Å². The summed E-state index contributed by atoms with van der Waals surface area (Å²) in [4.78, 5) is 85.3. The molecule has 0 aliphatic carbocycles. The van der Waals surface area contributed by atoms with Crippen LogP contribution in [0, 0.1) is 0 Å². The number of hydrogen-bond acceptors (Lipinski definition) is 12. The zero-order chi connectivity index (χ0) is 32.0. The number of nitrogens with zero attached hydrogens (tertiary/aromatic N) is 6. The lowest BCUT2D eigenvalue weighted by Gasteiger charge is -2.34. The van der Waals surface area contributed by atoms with Crippen molar-refractivity contribution in [2.75, 3.05) is 78.7 Å². The summed E-state index contributed by atoms with van der Waals surface area (Å²) in [6, 6.07) is 0. The van der Waals surface area contributed by atoms with Gasteiger partial charge in [0.05, 0.1) is 23.0 Å². The molecule has 0 spiro atoms. The van der Waals surface area contributed by atoms with Crippen molar-refractivity contribution in [3.63, 3.8) is 0 Å². The minimum Gasteiger partial charge on any atom is -0.450 e. The molecule has 18 heteroatoms. The van der Waals surface area contributed by atoms with Crippen molar-refractivity contribution < 1.29 is 38.2 Å². The summed E-state index contributed by atoms with van der Waals surface area (Å²) in [6.07, 6.45) is -0.730. The summed E-state index contributed by atoms with van der Waals surface area (Å²) >= 11 is 12.8. The largest absolute Gasteiger partial charge is 0.450 e. The van der Waals surface area contributed by atoms with E-state index in [-0.39, 0.29) is 69.4 Å². The smallest absolute Gasteiger partial charge is 0.409 e. The third-order valence-corrected chi connectivity index (χ3v) is 10.3. The van der Waals surface area contributed by atoms with Crippen LogP contribution in [0.5, 0.6) is 0 Å². The summed E-state index contributed by atoms with van der Waals surface area (Å²) in [5.41, 5.74) is 0. The molecule has 0 atom stereocenters. The van der Waals surface area contributed by atoms with Gasteiger partial charge in [-0.05, 0) is 13.8 Å². The van der Waals surface area contributed by atoms with Crippen LogP contribution in [0.15, 0.2) is 9.81 Å². The van der Waals surface area contributed by atoms with Gasteiger partial charge in [0.2, 0.25) is 11.8 Å². The number of ether oxygens (including phenoxy) is 2. The van der Waals surface area contributed by atoms with Crippen LogP contribution in [0.3, 0.4) is 0 Å². The lowest BCUT2D eigenvalue weighted by Crippen LogP contribution is -2.51. The summed E-state index contributed by atoms with van der Waals surface area (Å²) in [7, 11) is 0. The molecule has 240 valence electrons.